The number of hydrogen-bond acceptors (Lipinski definition) is 4. The third-order valence-electron chi connectivity index (χ3n) is 2.45. The zero-order valence-electron chi connectivity index (χ0n) is 10.4. The van der Waals surface area contributed by atoms with Gasteiger partial charge in [0.05, 0.1) is 0 Å². The number of nitrogens with zero attached hydrogens (tertiary/aromatic N) is 1. The molecule has 0 spiro atoms. The number of benzene rings is 1. The molecule has 0 aliphatic heterocycles. The maximum absolute atomic E-state index is 10.6. The smallest absolute Gasteiger partial charge is 0.255 e. The van der Waals surface area contributed by atoms with Crippen molar-refractivity contribution < 1.29 is 9.53 Å². The van der Waals surface area contributed by atoms with Crippen LogP contribution < -0.4 is 15.8 Å². The summed E-state index contributed by atoms with van der Waals surface area (Å²) in [5.41, 5.74) is 7.08. The van der Waals surface area contributed by atoms with Crippen molar-refractivity contribution in [2.24, 2.45) is 5.73 Å². The Morgan fingerprint density at radius 3 is 2.68 bits per heavy atom. The van der Waals surface area contributed by atoms with Crippen LogP contribution in [0.15, 0.2) is 48.8 Å². The first-order chi connectivity index (χ1) is 9.24. The lowest BCUT2D eigenvalue weighted by Crippen LogP contribution is -2.19. The number of carbonyl (C=O) groups excluding carboxylic acids is 1. The second-order valence-corrected chi connectivity index (χ2v) is 3.99. The summed E-state index contributed by atoms with van der Waals surface area (Å²) >= 11 is 0. The second kappa shape index (κ2) is 6.39. The maximum Gasteiger partial charge on any atom is 0.255 e. The monoisotopic (exact) mass is 257 g/mol. The molecule has 2 aromatic rings. The summed E-state index contributed by atoms with van der Waals surface area (Å²) in [4.78, 5) is 14.6. The van der Waals surface area contributed by atoms with Crippen LogP contribution in [0.25, 0.3) is 0 Å². The average molecular weight is 257 g/mol. The standard InChI is InChI=1S/C14H15N3O2/c15-14(18)10-19-13-5-3-12(4-6-13)17-9-11-2-1-7-16-8-11/h1-8,17H,9-10H2,(H2,15,18). The molecule has 98 valence electrons. The van der Waals surface area contributed by atoms with Crippen molar-refractivity contribution in [3.05, 3.63) is 54.4 Å². The summed E-state index contributed by atoms with van der Waals surface area (Å²) < 4.78 is 5.17. The zero-order valence-corrected chi connectivity index (χ0v) is 10.4. The van der Waals surface area contributed by atoms with Crippen LogP contribution in [0.5, 0.6) is 5.75 Å². The molecule has 5 heteroatoms. The molecule has 0 aliphatic carbocycles. The fourth-order valence-corrected chi connectivity index (χ4v) is 1.53. The van der Waals surface area contributed by atoms with E-state index in [0.717, 1.165) is 11.3 Å². The number of pyridine rings is 1. The summed E-state index contributed by atoms with van der Waals surface area (Å²) in [5, 5.41) is 3.27. The SMILES string of the molecule is NC(=O)COc1ccc(NCc2cccnc2)cc1. The summed E-state index contributed by atoms with van der Waals surface area (Å²) in [6.07, 6.45) is 3.56. The molecule has 0 fully saturated rings. The number of nitrogens with two attached hydrogens (primary N) is 1. The van der Waals surface area contributed by atoms with E-state index in [4.69, 9.17) is 10.5 Å². The van der Waals surface area contributed by atoms with Crippen LogP contribution in [0.1, 0.15) is 5.56 Å². The van der Waals surface area contributed by atoms with Gasteiger partial charge >= 0.3 is 0 Å². The number of rotatable bonds is 6. The summed E-state index contributed by atoms with van der Waals surface area (Å²) in [5.74, 6) is 0.129. The molecule has 1 amide bonds. The van der Waals surface area contributed by atoms with Gasteiger partial charge in [0.15, 0.2) is 6.61 Å². The van der Waals surface area contributed by atoms with Gasteiger partial charge in [-0.25, -0.2) is 0 Å². The lowest BCUT2D eigenvalue weighted by molar-refractivity contribution is -0.119. The van der Waals surface area contributed by atoms with E-state index in [9.17, 15) is 4.79 Å². The predicted octanol–water partition coefficient (Wildman–Crippen LogP) is 1.56. The molecule has 0 saturated heterocycles. The Balaban J connectivity index is 1.86. The minimum absolute atomic E-state index is 0.109. The fourth-order valence-electron chi connectivity index (χ4n) is 1.53. The van der Waals surface area contributed by atoms with Crippen molar-refractivity contribution in [3.8, 4) is 5.75 Å². The van der Waals surface area contributed by atoms with E-state index in [2.05, 4.69) is 10.3 Å². The number of anilines is 1. The highest BCUT2D eigenvalue weighted by molar-refractivity contribution is 5.75. The van der Waals surface area contributed by atoms with Gasteiger partial charge in [-0.15, -0.1) is 0 Å². The van der Waals surface area contributed by atoms with Crippen LogP contribution in [-0.4, -0.2) is 17.5 Å². The number of hydrogen-bond donors (Lipinski definition) is 2. The molecule has 0 bridgehead atoms. The van der Waals surface area contributed by atoms with Gasteiger partial charge in [0, 0.05) is 24.6 Å². The summed E-state index contributed by atoms with van der Waals surface area (Å²) in [7, 11) is 0. The Bertz CT molecular complexity index is 526. The highest BCUT2D eigenvalue weighted by Crippen LogP contribution is 2.16. The lowest BCUT2D eigenvalue weighted by atomic mass is 10.2. The third kappa shape index (κ3) is 4.31. The van der Waals surface area contributed by atoms with E-state index in [1.54, 1.807) is 18.3 Å². The second-order valence-electron chi connectivity index (χ2n) is 3.99. The zero-order chi connectivity index (χ0) is 13.5. The van der Waals surface area contributed by atoms with E-state index in [0.29, 0.717) is 12.3 Å². The third-order valence-corrected chi connectivity index (χ3v) is 2.45. The molecule has 5 nitrogen and oxygen atoms in total. The summed E-state index contributed by atoms with van der Waals surface area (Å²) in [6.45, 7) is 0.595. The van der Waals surface area contributed by atoms with Gasteiger partial charge in [-0.05, 0) is 35.9 Å². The van der Waals surface area contributed by atoms with Crippen LogP contribution in [0, 0.1) is 0 Å². The minimum Gasteiger partial charge on any atom is -0.484 e. The number of nitrogens with one attached hydrogen (secondary N) is 1. The van der Waals surface area contributed by atoms with Gasteiger partial charge < -0.3 is 15.8 Å². The Morgan fingerprint density at radius 1 is 1.26 bits per heavy atom. The molecule has 0 unspecified atom stereocenters. The van der Waals surface area contributed by atoms with E-state index < -0.39 is 5.91 Å². The van der Waals surface area contributed by atoms with E-state index in [-0.39, 0.29) is 6.61 Å². The first-order valence-corrected chi connectivity index (χ1v) is 5.88. The minimum atomic E-state index is -0.487. The van der Waals surface area contributed by atoms with Gasteiger partial charge in [-0.1, -0.05) is 6.07 Å². The summed E-state index contributed by atoms with van der Waals surface area (Å²) in [6, 6.07) is 11.2. The van der Waals surface area contributed by atoms with Gasteiger partial charge in [0.2, 0.25) is 0 Å². The number of primary amides is 1. The largest absolute Gasteiger partial charge is 0.484 e. The van der Waals surface area contributed by atoms with Gasteiger partial charge in [-0.3, -0.25) is 9.78 Å². The van der Waals surface area contributed by atoms with Crippen molar-refractivity contribution >= 4 is 11.6 Å². The van der Waals surface area contributed by atoms with E-state index in [1.807, 2.05) is 30.5 Å². The molecule has 0 aliphatic rings. The first-order valence-electron chi connectivity index (χ1n) is 5.88. The van der Waals surface area contributed by atoms with E-state index >= 15 is 0 Å². The average Bonchev–Trinajstić information content (AvgIpc) is 2.45. The Hall–Kier alpha value is -2.56. The maximum atomic E-state index is 10.6. The quantitative estimate of drug-likeness (QED) is 0.823. The van der Waals surface area contributed by atoms with Gasteiger partial charge in [-0.2, -0.15) is 0 Å². The molecule has 3 N–H and O–H groups in total. The highest BCUT2D eigenvalue weighted by Gasteiger charge is 1.98. The Labute approximate surface area is 111 Å². The molecule has 0 atom stereocenters. The molecule has 0 saturated carbocycles. The predicted molar refractivity (Wildman–Crippen MR) is 72.7 cm³/mol. The van der Waals surface area contributed by atoms with Crippen LogP contribution in [0.3, 0.4) is 0 Å². The van der Waals surface area contributed by atoms with Crippen LogP contribution in [0.4, 0.5) is 5.69 Å². The number of ether oxygens (including phenoxy) is 1. The molecule has 19 heavy (non-hydrogen) atoms. The number of amides is 1. The fraction of sp³-hybridized carbons (Fsp3) is 0.143. The molecule has 1 heterocycles. The van der Waals surface area contributed by atoms with E-state index in [1.165, 1.54) is 0 Å². The molecular weight excluding hydrogens is 242 g/mol. The number of carbonyl (C=O) groups is 1. The van der Waals surface area contributed by atoms with Crippen molar-refractivity contribution in [1.82, 2.24) is 4.98 Å². The Morgan fingerprint density at radius 2 is 2.05 bits per heavy atom. The molecule has 1 aromatic carbocycles. The Kier molecular flexibility index (Phi) is 4.34. The first kappa shape index (κ1) is 12.9. The van der Waals surface area contributed by atoms with Crippen molar-refractivity contribution in [3.63, 3.8) is 0 Å². The molecule has 2 rings (SSSR count). The van der Waals surface area contributed by atoms with Gasteiger partial charge in [0.1, 0.15) is 5.75 Å². The lowest BCUT2D eigenvalue weighted by Gasteiger charge is -2.08. The number of aromatic nitrogens is 1. The van der Waals surface area contributed by atoms with Crippen LogP contribution in [0.2, 0.25) is 0 Å². The highest BCUT2D eigenvalue weighted by atomic mass is 16.5. The molecule has 1 aromatic heterocycles. The van der Waals surface area contributed by atoms with Gasteiger partial charge in [0.25, 0.3) is 5.91 Å². The normalized spacial score (nSPS) is 9.89. The van der Waals surface area contributed by atoms with Crippen molar-refractivity contribution in [2.75, 3.05) is 11.9 Å². The molecular formula is C14H15N3O2. The topological polar surface area (TPSA) is 77.2 Å². The van der Waals surface area contributed by atoms with Crippen molar-refractivity contribution in [1.29, 1.82) is 0 Å². The van der Waals surface area contributed by atoms with Crippen molar-refractivity contribution in [2.45, 2.75) is 6.54 Å². The molecule has 0 radical (unpaired) electrons. The van der Waals surface area contributed by atoms with Crippen LogP contribution in [-0.2, 0) is 11.3 Å². The van der Waals surface area contributed by atoms with Crippen LogP contribution >= 0.6 is 0 Å².